The van der Waals surface area contributed by atoms with Crippen LogP contribution in [0, 0.1) is 22.7 Å². The Morgan fingerprint density at radius 2 is 1.28 bits per heavy atom. The fraction of sp³-hybridized carbons (Fsp3) is 0.429. The summed E-state index contributed by atoms with van der Waals surface area (Å²) in [5, 5.41) is 0. The molecule has 0 heterocycles. The molecule has 0 aromatic rings. The molecule has 0 saturated heterocycles. The first-order valence-corrected chi connectivity index (χ1v) is 9.05. The van der Waals surface area contributed by atoms with E-state index in [1.807, 2.05) is 6.08 Å². The minimum absolute atomic E-state index is 0.158. The molecule has 8 nitrogen and oxygen atoms in total. The molecular formula is C21H20O8. The second-order valence-electron chi connectivity index (χ2n) is 7.39. The largest absolute Gasteiger partial charge is 0.466 e. The van der Waals surface area contributed by atoms with Crippen molar-refractivity contribution in [2.45, 2.75) is 6.42 Å². The van der Waals surface area contributed by atoms with Gasteiger partial charge in [-0.05, 0) is 6.42 Å². The van der Waals surface area contributed by atoms with Crippen molar-refractivity contribution >= 4 is 23.9 Å². The van der Waals surface area contributed by atoms with Crippen LogP contribution in [0.5, 0.6) is 0 Å². The molecule has 152 valence electrons. The van der Waals surface area contributed by atoms with E-state index in [2.05, 4.69) is 0 Å². The molecule has 0 aliphatic heterocycles. The molecule has 0 aromatic carbocycles. The fourth-order valence-electron chi connectivity index (χ4n) is 5.87. The third kappa shape index (κ3) is 1.93. The molecule has 8 heteroatoms. The van der Waals surface area contributed by atoms with E-state index in [0.29, 0.717) is 6.42 Å². The quantitative estimate of drug-likeness (QED) is 0.509. The molecule has 4 rings (SSSR count). The van der Waals surface area contributed by atoms with Crippen LogP contribution in [0.15, 0.2) is 46.6 Å². The van der Waals surface area contributed by atoms with Crippen LogP contribution < -0.4 is 0 Å². The maximum Gasteiger partial charge on any atom is 0.335 e. The molecule has 2 bridgehead atoms. The molecule has 1 fully saturated rings. The minimum Gasteiger partial charge on any atom is -0.466 e. The smallest absolute Gasteiger partial charge is 0.335 e. The number of hydrogen-bond donors (Lipinski definition) is 0. The van der Waals surface area contributed by atoms with Crippen LogP contribution in [0.2, 0.25) is 0 Å². The van der Waals surface area contributed by atoms with E-state index in [0.717, 1.165) is 0 Å². The standard InChI is InChI=1S/C21H20O8/c1-26-16(22)11-10-9-20(14(11)18(24)28-3)7-5-6-8-21(20)13(10)12(17(23)27-2)15(21)19(25)29-4/h5-8,10,13H,9H2,1-4H3/t10-,13+,20-,21-/m0/s1. The topological polar surface area (TPSA) is 105 Å². The SMILES string of the molecule is COC(=O)C1=C(C(=O)OC)[C@@]23C=CC=C[C@]24C(C(=O)OC)=C(C(=O)OC)[C@H]4[C@H]1C3. The average molecular weight is 400 g/mol. The van der Waals surface area contributed by atoms with Crippen LogP contribution in [0.4, 0.5) is 0 Å². The van der Waals surface area contributed by atoms with Crippen molar-refractivity contribution in [2.24, 2.45) is 22.7 Å². The van der Waals surface area contributed by atoms with Crippen molar-refractivity contribution < 1.29 is 38.1 Å². The summed E-state index contributed by atoms with van der Waals surface area (Å²) in [5.41, 5.74) is -1.33. The highest BCUT2D eigenvalue weighted by molar-refractivity contribution is 6.11. The van der Waals surface area contributed by atoms with Crippen molar-refractivity contribution in [2.75, 3.05) is 28.4 Å². The summed E-state index contributed by atoms with van der Waals surface area (Å²) in [6, 6.07) is 0. The zero-order chi connectivity index (χ0) is 21.1. The van der Waals surface area contributed by atoms with Crippen molar-refractivity contribution in [3.63, 3.8) is 0 Å². The van der Waals surface area contributed by atoms with E-state index in [9.17, 15) is 19.2 Å². The molecule has 0 unspecified atom stereocenters. The Labute approximate surface area is 166 Å². The fourth-order valence-corrected chi connectivity index (χ4v) is 5.87. The lowest BCUT2D eigenvalue weighted by Crippen LogP contribution is -2.57. The third-order valence-corrected chi connectivity index (χ3v) is 6.69. The minimum atomic E-state index is -1.02. The van der Waals surface area contributed by atoms with Crippen molar-refractivity contribution in [1.82, 2.24) is 0 Å². The van der Waals surface area contributed by atoms with Gasteiger partial charge in [0.1, 0.15) is 0 Å². The summed E-state index contributed by atoms with van der Waals surface area (Å²) < 4.78 is 19.8. The Morgan fingerprint density at radius 3 is 1.86 bits per heavy atom. The van der Waals surface area contributed by atoms with Crippen LogP contribution >= 0.6 is 0 Å². The maximum absolute atomic E-state index is 12.8. The number of ether oxygens (including phenoxy) is 4. The Morgan fingerprint density at radius 1 is 0.759 bits per heavy atom. The second kappa shape index (κ2) is 6.17. The molecule has 0 amide bonds. The monoisotopic (exact) mass is 400 g/mol. The zero-order valence-corrected chi connectivity index (χ0v) is 16.4. The molecule has 4 aliphatic carbocycles. The van der Waals surface area contributed by atoms with Gasteiger partial charge in [0.15, 0.2) is 0 Å². The van der Waals surface area contributed by atoms with Gasteiger partial charge < -0.3 is 18.9 Å². The van der Waals surface area contributed by atoms with Crippen LogP contribution in [0.25, 0.3) is 0 Å². The van der Waals surface area contributed by atoms with Crippen LogP contribution in [-0.4, -0.2) is 52.3 Å². The normalized spacial score (nSPS) is 33.0. The molecule has 0 N–H and O–H groups in total. The van der Waals surface area contributed by atoms with Gasteiger partial charge in [-0.2, -0.15) is 0 Å². The number of hydrogen-bond acceptors (Lipinski definition) is 8. The number of rotatable bonds is 4. The first-order valence-electron chi connectivity index (χ1n) is 9.05. The Balaban J connectivity index is 2.04. The molecule has 4 aliphatic rings. The number of esters is 4. The van der Waals surface area contributed by atoms with Gasteiger partial charge in [0.25, 0.3) is 0 Å². The number of carbonyl (C=O) groups excluding carboxylic acids is 4. The number of carbonyl (C=O) groups is 4. The van der Waals surface area contributed by atoms with Gasteiger partial charge in [0.05, 0.1) is 50.7 Å². The molecule has 2 spiro atoms. The highest BCUT2D eigenvalue weighted by Crippen LogP contribution is 2.80. The second-order valence-corrected chi connectivity index (χ2v) is 7.39. The van der Waals surface area contributed by atoms with Gasteiger partial charge in [-0.3, -0.25) is 0 Å². The summed E-state index contributed by atoms with van der Waals surface area (Å²) in [6.45, 7) is 0. The lowest BCUT2D eigenvalue weighted by Gasteiger charge is -2.56. The van der Waals surface area contributed by atoms with Gasteiger partial charge >= 0.3 is 23.9 Å². The first-order chi connectivity index (χ1) is 13.9. The average Bonchev–Trinajstić information content (AvgIpc) is 3.17. The summed E-state index contributed by atoms with van der Waals surface area (Å²) in [4.78, 5) is 50.8. The van der Waals surface area contributed by atoms with E-state index in [4.69, 9.17) is 18.9 Å². The molecule has 1 saturated carbocycles. The summed E-state index contributed by atoms with van der Waals surface area (Å²) in [6.07, 6.45) is 7.50. The lowest BCUT2D eigenvalue weighted by atomic mass is 9.43. The molecule has 29 heavy (non-hydrogen) atoms. The van der Waals surface area contributed by atoms with Crippen LogP contribution in [0.3, 0.4) is 0 Å². The van der Waals surface area contributed by atoms with E-state index >= 15 is 0 Å². The van der Waals surface area contributed by atoms with Gasteiger partial charge in [-0.15, -0.1) is 0 Å². The van der Waals surface area contributed by atoms with Crippen molar-refractivity contribution in [3.05, 3.63) is 46.6 Å². The number of allylic oxidation sites excluding steroid dienone is 4. The van der Waals surface area contributed by atoms with Gasteiger partial charge in [-0.25, -0.2) is 19.2 Å². The third-order valence-electron chi connectivity index (χ3n) is 6.69. The van der Waals surface area contributed by atoms with Crippen molar-refractivity contribution in [1.29, 1.82) is 0 Å². The first kappa shape index (κ1) is 19.2. The molecular weight excluding hydrogens is 380 g/mol. The Kier molecular flexibility index (Phi) is 4.08. The summed E-state index contributed by atoms with van der Waals surface area (Å²) in [7, 11) is 4.92. The van der Waals surface area contributed by atoms with E-state index in [1.165, 1.54) is 28.4 Å². The molecule has 0 radical (unpaired) electrons. The number of methoxy groups -OCH3 is 4. The van der Waals surface area contributed by atoms with E-state index in [-0.39, 0.29) is 22.3 Å². The summed E-state index contributed by atoms with van der Waals surface area (Å²) in [5.74, 6) is -3.67. The zero-order valence-electron chi connectivity index (χ0n) is 16.4. The highest BCUT2D eigenvalue weighted by Gasteiger charge is 2.79. The predicted molar refractivity (Wildman–Crippen MR) is 96.9 cm³/mol. The number of fused-ring (bicyclic) bond motifs is 2. The van der Waals surface area contributed by atoms with Gasteiger partial charge in [0, 0.05) is 22.7 Å². The van der Waals surface area contributed by atoms with Crippen LogP contribution in [0.1, 0.15) is 6.42 Å². The van der Waals surface area contributed by atoms with Gasteiger partial charge in [0.2, 0.25) is 0 Å². The van der Waals surface area contributed by atoms with Gasteiger partial charge in [-0.1, -0.05) is 24.3 Å². The Hall–Kier alpha value is -3.16. The lowest BCUT2D eigenvalue weighted by molar-refractivity contribution is -0.146. The highest BCUT2D eigenvalue weighted by atomic mass is 16.5. The maximum atomic E-state index is 12.8. The van der Waals surface area contributed by atoms with E-state index < -0.39 is 46.5 Å². The van der Waals surface area contributed by atoms with E-state index in [1.54, 1.807) is 18.2 Å². The molecule has 0 aromatic heterocycles. The summed E-state index contributed by atoms with van der Waals surface area (Å²) >= 11 is 0. The van der Waals surface area contributed by atoms with Crippen LogP contribution in [-0.2, 0) is 38.1 Å². The predicted octanol–water partition coefficient (Wildman–Crippen LogP) is 1.03. The van der Waals surface area contributed by atoms with Crippen molar-refractivity contribution in [3.8, 4) is 0 Å². The Bertz CT molecular complexity index is 969. The molecule has 4 atom stereocenters.